The molecule has 38 heavy (non-hydrogen) atoms. The molecule has 5 aromatic rings. The van der Waals surface area contributed by atoms with E-state index in [1.54, 1.807) is 13.8 Å². The number of carboxylic acid groups (broad SMARTS) is 1. The van der Waals surface area contributed by atoms with Crippen molar-refractivity contribution in [1.29, 1.82) is 0 Å². The Kier molecular flexibility index (Phi) is 7.05. The third kappa shape index (κ3) is 5.49. The van der Waals surface area contributed by atoms with Gasteiger partial charge in [-0.05, 0) is 61.4 Å². The zero-order valence-electron chi connectivity index (χ0n) is 21.4. The van der Waals surface area contributed by atoms with E-state index in [1.807, 2.05) is 85.2 Å². The monoisotopic (exact) mass is 503 g/mol. The van der Waals surface area contributed by atoms with Crippen molar-refractivity contribution >= 4 is 5.97 Å². The summed E-state index contributed by atoms with van der Waals surface area (Å²) in [5, 5.41) is 9.27. The van der Waals surface area contributed by atoms with Crippen LogP contribution in [0.5, 0.6) is 5.75 Å². The number of rotatable bonds is 9. The van der Waals surface area contributed by atoms with Crippen molar-refractivity contribution in [2.24, 2.45) is 5.41 Å². The van der Waals surface area contributed by atoms with Crippen LogP contribution >= 0.6 is 0 Å². The maximum Gasteiger partial charge on any atom is 0.312 e. The van der Waals surface area contributed by atoms with Crippen LogP contribution in [-0.4, -0.2) is 32.2 Å². The van der Waals surface area contributed by atoms with Gasteiger partial charge in [-0.2, -0.15) is 0 Å². The molecule has 6 nitrogen and oxygen atoms in total. The van der Waals surface area contributed by atoms with Gasteiger partial charge in [-0.25, -0.2) is 4.98 Å². The van der Waals surface area contributed by atoms with Gasteiger partial charge in [-0.3, -0.25) is 9.78 Å². The molecule has 2 heterocycles. The van der Waals surface area contributed by atoms with Crippen LogP contribution in [0.4, 0.5) is 0 Å². The Balaban J connectivity index is 1.39. The van der Waals surface area contributed by atoms with Gasteiger partial charge >= 0.3 is 5.97 Å². The fourth-order valence-corrected chi connectivity index (χ4v) is 4.12. The highest BCUT2D eigenvalue weighted by Crippen LogP contribution is 2.29. The van der Waals surface area contributed by atoms with Crippen molar-refractivity contribution in [3.05, 3.63) is 115 Å². The van der Waals surface area contributed by atoms with E-state index < -0.39 is 11.4 Å². The van der Waals surface area contributed by atoms with E-state index in [9.17, 15) is 9.90 Å². The van der Waals surface area contributed by atoms with Crippen LogP contribution in [0, 0.1) is 5.41 Å². The van der Waals surface area contributed by atoms with Gasteiger partial charge < -0.3 is 14.4 Å². The van der Waals surface area contributed by atoms with Crippen molar-refractivity contribution < 1.29 is 14.6 Å². The number of hydrogen-bond donors (Lipinski definition) is 1. The third-order valence-electron chi connectivity index (χ3n) is 6.46. The molecule has 3 aromatic carbocycles. The second-order valence-electron chi connectivity index (χ2n) is 9.84. The topological polar surface area (TPSA) is 77.2 Å². The van der Waals surface area contributed by atoms with Crippen molar-refractivity contribution in [2.45, 2.75) is 20.4 Å². The molecule has 2 aromatic heterocycles. The molecule has 0 aliphatic rings. The molecular formula is C32H29N3O3. The summed E-state index contributed by atoms with van der Waals surface area (Å²) in [6, 6.07) is 32.2. The first-order valence-electron chi connectivity index (χ1n) is 12.5. The Hall–Kier alpha value is -4.71. The number of aliphatic carboxylic acids is 1. The summed E-state index contributed by atoms with van der Waals surface area (Å²) in [6.45, 7) is 4.07. The first kappa shape index (κ1) is 25.0. The Morgan fingerprint density at radius 1 is 0.789 bits per heavy atom. The lowest BCUT2D eigenvalue weighted by molar-refractivity contribution is -0.148. The molecule has 0 aliphatic heterocycles. The van der Waals surface area contributed by atoms with Crippen LogP contribution in [0.2, 0.25) is 0 Å². The highest BCUT2D eigenvalue weighted by molar-refractivity contribution is 5.73. The van der Waals surface area contributed by atoms with E-state index in [0.717, 1.165) is 33.9 Å². The maximum atomic E-state index is 11.3. The van der Waals surface area contributed by atoms with Crippen molar-refractivity contribution in [3.63, 3.8) is 0 Å². The molecule has 5 rings (SSSR count). The minimum absolute atomic E-state index is 0.0925. The van der Waals surface area contributed by atoms with E-state index in [-0.39, 0.29) is 6.61 Å². The SMILES string of the molecule is CC(C)(COc1ccc(-c2ccc(-c3ncc(-c4ccccc4)n3Cc3ccccc3)cn2)cc1)C(=O)O. The normalized spacial score (nSPS) is 11.3. The molecular weight excluding hydrogens is 474 g/mol. The van der Waals surface area contributed by atoms with Crippen LogP contribution in [0.1, 0.15) is 19.4 Å². The smallest absolute Gasteiger partial charge is 0.312 e. The highest BCUT2D eigenvalue weighted by atomic mass is 16.5. The van der Waals surface area contributed by atoms with Gasteiger partial charge in [0.1, 0.15) is 18.2 Å². The molecule has 6 heteroatoms. The van der Waals surface area contributed by atoms with Crippen molar-refractivity contribution in [1.82, 2.24) is 14.5 Å². The van der Waals surface area contributed by atoms with Crippen LogP contribution in [0.15, 0.2) is 109 Å². The summed E-state index contributed by atoms with van der Waals surface area (Å²) in [5.41, 5.74) is 5.11. The number of imidazole rings is 1. The third-order valence-corrected chi connectivity index (χ3v) is 6.46. The lowest BCUT2D eigenvalue weighted by Crippen LogP contribution is -2.30. The van der Waals surface area contributed by atoms with E-state index in [2.05, 4.69) is 28.8 Å². The number of hydrogen-bond acceptors (Lipinski definition) is 4. The highest BCUT2D eigenvalue weighted by Gasteiger charge is 2.28. The molecule has 0 bridgehead atoms. The molecule has 190 valence electrons. The average molecular weight is 504 g/mol. The second kappa shape index (κ2) is 10.7. The maximum absolute atomic E-state index is 11.3. The lowest BCUT2D eigenvalue weighted by atomic mass is 9.95. The first-order valence-corrected chi connectivity index (χ1v) is 12.5. The fraction of sp³-hybridized carbons (Fsp3) is 0.156. The number of nitrogens with zero attached hydrogens (tertiary/aromatic N) is 3. The van der Waals surface area contributed by atoms with E-state index >= 15 is 0 Å². The second-order valence-corrected chi connectivity index (χ2v) is 9.84. The standard InChI is InChI=1S/C32H29N3O3/c1-32(2,31(36)37)22-38-27-16-13-24(14-17-27)28-18-15-26(19-33-28)30-34-20-29(25-11-7-4-8-12-25)35(30)21-23-9-5-3-6-10-23/h3-20H,21-22H2,1-2H3,(H,36,37). The molecule has 0 radical (unpaired) electrons. The van der Waals surface area contributed by atoms with Gasteiger partial charge in [-0.15, -0.1) is 0 Å². The number of ether oxygens (including phenoxy) is 1. The van der Waals surface area contributed by atoms with Crippen LogP contribution in [-0.2, 0) is 11.3 Å². The number of aromatic nitrogens is 3. The van der Waals surface area contributed by atoms with Gasteiger partial charge in [-0.1, -0.05) is 60.7 Å². The number of benzene rings is 3. The van der Waals surface area contributed by atoms with Gasteiger partial charge in [0, 0.05) is 23.9 Å². The molecule has 1 N–H and O–H groups in total. The fourth-order valence-electron chi connectivity index (χ4n) is 4.12. The Labute approximate surface area is 222 Å². The summed E-state index contributed by atoms with van der Waals surface area (Å²) in [6.07, 6.45) is 3.78. The Morgan fingerprint density at radius 3 is 2.08 bits per heavy atom. The molecule has 0 saturated heterocycles. The summed E-state index contributed by atoms with van der Waals surface area (Å²) in [4.78, 5) is 20.8. The first-order chi connectivity index (χ1) is 18.4. The molecule has 0 saturated carbocycles. The Morgan fingerprint density at radius 2 is 1.45 bits per heavy atom. The van der Waals surface area contributed by atoms with E-state index in [4.69, 9.17) is 14.7 Å². The number of carbonyl (C=O) groups is 1. The van der Waals surface area contributed by atoms with Crippen LogP contribution < -0.4 is 4.74 Å². The van der Waals surface area contributed by atoms with Crippen LogP contribution in [0.3, 0.4) is 0 Å². The van der Waals surface area contributed by atoms with Gasteiger partial charge in [0.05, 0.1) is 23.0 Å². The average Bonchev–Trinajstić information content (AvgIpc) is 3.36. The molecule has 0 spiro atoms. The summed E-state index contributed by atoms with van der Waals surface area (Å²) in [5.74, 6) is 0.589. The van der Waals surface area contributed by atoms with E-state index in [1.165, 1.54) is 5.56 Å². The summed E-state index contributed by atoms with van der Waals surface area (Å²) in [7, 11) is 0. The number of carboxylic acids is 1. The minimum atomic E-state index is -0.956. The Bertz CT molecular complexity index is 1510. The predicted octanol–water partition coefficient (Wildman–Crippen LogP) is 6.82. The van der Waals surface area contributed by atoms with Gasteiger partial charge in [0.15, 0.2) is 0 Å². The molecule has 0 atom stereocenters. The largest absolute Gasteiger partial charge is 0.492 e. The molecule has 0 aliphatic carbocycles. The number of pyridine rings is 1. The lowest BCUT2D eigenvalue weighted by Gasteiger charge is -2.19. The van der Waals surface area contributed by atoms with Crippen molar-refractivity contribution in [2.75, 3.05) is 6.61 Å². The quantitative estimate of drug-likeness (QED) is 0.239. The molecule has 0 amide bonds. The predicted molar refractivity (Wildman–Crippen MR) is 149 cm³/mol. The zero-order chi connectivity index (χ0) is 26.5. The van der Waals surface area contributed by atoms with E-state index in [0.29, 0.717) is 12.3 Å². The van der Waals surface area contributed by atoms with Crippen molar-refractivity contribution in [3.8, 4) is 39.7 Å². The van der Waals surface area contributed by atoms with Gasteiger partial charge in [0.2, 0.25) is 0 Å². The summed E-state index contributed by atoms with van der Waals surface area (Å²) >= 11 is 0. The molecule has 0 unspecified atom stereocenters. The van der Waals surface area contributed by atoms with Gasteiger partial charge in [0.25, 0.3) is 0 Å². The zero-order valence-corrected chi connectivity index (χ0v) is 21.4. The van der Waals surface area contributed by atoms with Crippen LogP contribution in [0.25, 0.3) is 33.9 Å². The molecule has 0 fully saturated rings. The minimum Gasteiger partial charge on any atom is -0.492 e. The summed E-state index contributed by atoms with van der Waals surface area (Å²) < 4.78 is 7.92.